The van der Waals surface area contributed by atoms with Crippen LogP contribution < -0.4 is 10.5 Å². The molecule has 0 aliphatic heterocycles. The molecule has 0 spiro atoms. The van der Waals surface area contributed by atoms with Crippen LogP contribution in [0.25, 0.3) is 0 Å². The van der Waals surface area contributed by atoms with Gasteiger partial charge >= 0.3 is 0 Å². The smallest absolute Gasteiger partial charge is 0.242 e. The molecule has 0 saturated carbocycles. The maximum atomic E-state index is 12.8. The first-order valence-corrected chi connectivity index (χ1v) is 6.98. The Kier molecular flexibility index (Phi) is 5.06. The van der Waals surface area contributed by atoms with E-state index in [2.05, 4.69) is 4.72 Å². The van der Waals surface area contributed by atoms with E-state index >= 15 is 0 Å². The van der Waals surface area contributed by atoms with Crippen molar-refractivity contribution in [2.75, 3.05) is 6.54 Å². The molecule has 4 N–H and O–H groups in total. The van der Waals surface area contributed by atoms with Crippen LogP contribution in [0.15, 0.2) is 23.1 Å². The summed E-state index contributed by atoms with van der Waals surface area (Å²) in [6.07, 6.45) is -0.851. The van der Waals surface area contributed by atoms with Crippen molar-refractivity contribution in [3.8, 4) is 0 Å². The fraction of sp³-hybridized carbons (Fsp3) is 0.400. The second-order valence-corrected chi connectivity index (χ2v) is 5.97. The Morgan fingerprint density at radius 1 is 1.56 bits per heavy atom. The Hall–Kier alpha value is -0.730. The molecule has 0 fully saturated rings. The summed E-state index contributed by atoms with van der Waals surface area (Å²) < 4.78 is 38.7. The van der Waals surface area contributed by atoms with Gasteiger partial charge in [-0.2, -0.15) is 0 Å². The van der Waals surface area contributed by atoms with Crippen LogP contribution in [0.2, 0.25) is 5.02 Å². The minimum atomic E-state index is -3.88. The van der Waals surface area contributed by atoms with Gasteiger partial charge in [0, 0.05) is 12.6 Å². The number of nitrogens with two attached hydrogens (primary N) is 1. The number of halogens is 2. The predicted molar refractivity (Wildman–Crippen MR) is 66.3 cm³/mol. The number of hydrogen-bond acceptors (Lipinski definition) is 4. The first-order chi connectivity index (χ1) is 8.24. The molecule has 0 bridgehead atoms. The lowest BCUT2D eigenvalue weighted by atomic mass is 10.2. The van der Waals surface area contributed by atoms with Crippen LogP contribution in [-0.4, -0.2) is 32.2 Å². The lowest BCUT2D eigenvalue weighted by Gasteiger charge is -2.15. The van der Waals surface area contributed by atoms with Gasteiger partial charge < -0.3 is 10.8 Å². The highest BCUT2D eigenvalue weighted by molar-refractivity contribution is 7.89. The number of aliphatic hydroxyl groups excluding tert-OH is 1. The summed E-state index contributed by atoms with van der Waals surface area (Å²) in [5.74, 6) is -0.625. The first kappa shape index (κ1) is 15.3. The van der Waals surface area contributed by atoms with Gasteiger partial charge in [0.15, 0.2) is 0 Å². The first-order valence-electron chi connectivity index (χ1n) is 5.12. The summed E-state index contributed by atoms with van der Waals surface area (Å²) >= 11 is 5.65. The van der Waals surface area contributed by atoms with Gasteiger partial charge in [-0.3, -0.25) is 0 Å². The molecule has 0 aliphatic carbocycles. The zero-order valence-electron chi connectivity index (χ0n) is 9.60. The van der Waals surface area contributed by atoms with Gasteiger partial charge in [-0.1, -0.05) is 11.6 Å². The van der Waals surface area contributed by atoms with Crippen molar-refractivity contribution < 1.29 is 17.9 Å². The Bertz CT molecular complexity index is 522. The summed E-state index contributed by atoms with van der Waals surface area (Å²) in [5, 5.41) is 8.93. The second kappa shape index (κ2) is 5.94. The average molecular weight is 297 g/mol. The minimum Gasteiger partial charge on any atom is -0.392 e. The van der Waals surface area contributed by atoms with Crippen LogP contribution in [0.1, 0.15) is 6.92 Å². The number of hydrogen-bond donors (Lipinski definition) is 3. The normalized spacial score (nSPS) is 15.4. The Morgan fingerprint density at radius 3 is 2.67 bits per heavy atom. The van der Waals surface area contributed by atoms with E-state index in [-0.39, 0.29) is 16.5 Å². The van der Waals surface area contributed by atoms with Crippen molar-refractivity contribution in [3.63, 3.8) is 0 Å². The molecule has 0 amide bonds. The van der Waals surface area contributed by atoms with E-state index in [0.717, 1.165) is 18.2 Å². The van der Waals surface area contributed by atoms with E-state index in [4.69, 9.17) is 22.4 Å². The van der Waals surface area contributed by atoms with E-state index in [0.29, 0.717) is 0 Å². The van der Waals surface area contributed by atoms with Crippen molar-refractivity contribution in [2.24, 2.45) is 5.73 Å². The standard InChI is InChI=1S/C10H14ClFN2O3S/c1-6(15)9(13)5-14-18(16,17)10-3-2-7(12)4-8(10)11/h2-4,6,9,14-15H,5,13H2,1H3. The fourth-order valence-corrected chi connectivity index (χ4v) is 2.75. The molecule has 1 aromatic rings. The molecule has 1 rings (SSSR count). The molecular formula is C10H14ClFN2O3S. The van der Waals surface area contributed by atoms with Gasteiger partial charge in [-0.15, -0.1) is 0 Å². The van der Waals surface area contributed by atoms with Gasteiger partial charge in [0.05, 0.1) is 11.1 Å². The fourth-order valence-electron chi connectivity index (χ4n) is 1.15. The Balaban J connectivity index is 2.87. The zero-order chi connectivity index (χ0) is 13.9. The molecule has 0 heterocycles. The molecular weight excluding hydrogens is 283 g/mol. The molecule has 2 unspecified atom stereocenters. The van der Waals surface area contributed by atoms with Crippen LogP contribution in [-0.2, 0) is 10.0 Å². The summed E-state index contributed by atoms with van der Waals surface area (Å²) in [6.45, 7) is 1.30. The number of nitrogens with one attached hydrogen (secondary N) is 1. The summed E-state index contributed by atoms with van der Waals surface area (Å²) in [6, 6.07) is 2.23. The van der Waals surface area contributed by atoms with Crippen LogP contribution in [0.3, 0.4) is 0 Å². The molecule has 0 aromatic heterocycles. The molecule has 2 atom stereocenters. The number of rotatable bonds is 5. The Labute approximate surface area is 110 Å². The average Bonchev–Trinajstić information content (AvgIpc) is 2.25. The van der Waals surface area contributed by atoms with Crippen LogP contribution in [0.5, 0.6) is 0 Å². The van der Waals surface area contributed by atoms with E-state index in [1.807, 2.05) is 0 Å². The molecule has 102 valence electrons. The van der Waals surface area contributed by atoms with Crippen molar-refractivity contribution >= 4 is 21.6 Å². The second-order valence-electron chi connectivity index (χ2n) is 3.83. The van der Waals surface area contributed by atoms with Gasteiger partial charge in [0.2, 0.25) is 10.0 Å². The van der Waals surface area contributed by atoms with E-state index in [1.54, 1.807) is 0 Å². The monoisotopic (exact) mass is 296 g/mol. The van der Waals surface area contributed by atoms with Crippen LogP contribution in [0.4, 0.5) is 4.39 Å². The molecule has 5 nitrogen and oxygen atoms in total. The summed E-state index contributed by atoms with van der Waals surface area (Å²) in [7, 11) is -3.88. The van der Waals surface area contributed by atoms with Gasteiger partial charge in [-0.25, -0.2) is 17.5 Å². The van der Waals surface area contributed by atoms with E-state index in [9.17, 15) is 12.8 Å². The van der Waals surface area contributed by atoms with Crippen molar-refractivity contribution in [1.82, 2.24) is 4.72 Å². The third-order valence-corrected chi connectivity index (χ3v) is 4.22. The molecule has 0 radical (unpaired) electrons. The molecule has 8 heteroatoms. The Morgan fingerprint density at radius 2 is 2.17 bits per heavy atom. The molecule has 1 aromatic carbocycles. The van der Waals surface area contributed by atoms with E-state index < -0.39 is 28.0 Å². The molecule has 0 saturated heterocycles. The van der Waals surface area contributed by atoms with Gasteiger partial charge in [0.1, 0.15) is 10.7 Å². The quantitative estimate of drug-likeness (QED) is 0.736. The number of aliphatic hydroxyl groups is 1. The lowest BCUT2D eigenvalue weighted by molar-refractivity contribution is 0.164. The predicted octanol–water partition coefficient (Wildman–Crippen LogP) is 0.466. The SMILES string of the molecule is CC(O)C(N)CNS(=O)(=O)c1ccc(F)cc1Cl. The highest BCUT2D eigenvalue weighted by Gasteiger charge is 2.20. The third kappa shape index (κ3) is 3.89. The highest BCUT2D eigenvalue weighted by Crippen LogP contribution is 2.21. The maximum absolute atomic E-state index is 12.8. The lowest BCUT2D eigenvalue weighted by Crippen LogP contribution is -2.43. The van der Waals surface area contributed by atoms with Crippen LogP contribution >= 0.6 is 11.6 Å². The number of sulfonamides is 1. The highest BCUT2D eigenvalue weighted by atomic mass is 35.5. The van der Waals surface area contributed by atoms with Crippen molar-refractivity contribution in [2.45, 2.75) is 24.0 Å². The van der Waals surface area contributed by atoms with Crippen molar-refractivity contribution in [3.05, 3.63) is 29.0 Å². The van der Waals surface area contributed by atoms with Crippen LogP contribution in [0, 0.1) is 5.82 Å². The van der Waals surface area contributed by atoms with Gasteiger partial charge in [0.25, 0.3) is 0 Å². The van der Waals surface area contributed by atoms with Crippen molar-refractivity contribution in [1.29, 1.82) is 0 Å². The molecule has 18 heavy (non-hydrogen) atoms. The minimum absolute atomic E-state index is 0.145. The third-order valence-electron chi connectivity index (χ3n) is 2.31. The summed E-state index contributed by atoms with van der Waals surface area (Å²) in [4.78, 5) is -0.233. The number of benzene rings is 1. The zero-order valence-corrected chi connectivity index (χ0v) is 11.2. The van der Waals surface area contributed by atoms with E-state index in [1.165, 1.54) is 6.92 Å². The largest absolute Gasteiger partial charge is 0.392 e. The summed E-state index contributed by atoms with van der Waals surface area (Å²) in [5.41, 5.74) is 5.49. The maximum Gasteiger partial charge on any atom is 0.242 e. The molecule has 0 aliphatic rings. The topological polar surface area (TPSA) is 92.4 Å². The van der Waals surface area contributed by atoms with Gasteiger partial charge in [-0.05, 0) is 25.1 Å².